The van der Waals surface area contributed by atoms with Crippen LogP contribution in [0.15, 0.2) is 12.3 Å². The Morgan fingerprint density at radius 1 is 1.40 bits per heavy atom. The zero-order chi connectivity index (χ0) is 19.3. The molecule has 2 aromatic heterocycles. The normalized spacial score (nSPS) is 11.9. The van der Waals surface area contributed by atoms with Gasteiger partial charge in [0.05, 0.1) is 46.7 Å². The van der Waals surface area contributed by atoms with Crippen LogP contribution < -0.4 is 11.1 Å². The van der Waals surface area contributed by atoms with Crippen LogP contribution in [-0.4, -0.2) is 73.4 Å². The Kier molecular flexibility index (Phi) is 7.11. The first-order chi connectivity index (χ1) is 11.4. The van der Waals surface area contributed by atoms with Crippen LogP contribution in [0.3, 0.4) is 0 Å². The summed E-state index contributed by atoms with van der Waals surface area (Å²) < 4.78 is 33.8. The largest absolute Gasteiger partial charge is 0.726 e. The van der Waals surface area contributed by atoms with E-state index in [9.17, 15) is 13.0 Å². The lowest BCUT2D eigenvalue weighted by atomic mass is 10.3. The third-order valence-corrected chi connectivity index (χ3v) is 3.55. The van der Waals surface area contributed by atoms with Crippen molar-refractivity contribution in [1.82, 2.24) is 14.6 Å². The van der Waals surface area contributed by atoms with E-state index in [1.807, 2.05) is 13.0 Å². The molecule has 3 N–H and O–H groups in total. The molecule has 0 aromatic carbocycles. The first kappa shape index (κ1) is 21.1. The number of aryl methyl sites for hydroxylation is 1. The molecule has 0 aliphatic carbocycles. The lowest BCUT2D eigenvalue weighted by Gasteiger charge is -2.23. The van der Waals surface area contributed by atoms with Crippen LogP contribution in [0.1, 0.15) is 12.1 Å². The zero-order valence-corrected chi connectivity index (χ0v) is 16.0. The fourth-order valence-electron chi connectivity index (χ4n) is 2.00. The summed E-state index contributed by atoms with van der Waals surface area (Å²) in [6.45, 7) is 4.00. The van der Waals surface area contributed by atoms with Gasteiger partial charge in [-0.05, 0) is 6.92 Å². The number of hydrogen-bond donors (Lipinski definition) is 2. The van der Waals surface area contributed by atoms with Gasteiger partial charge in [0.1, 0.15) is 5.82 Å². The van der Waals surface area contributed by atoms with Crippen LogP contribution in [0, 0.1) is 6.92 Å². The Hall–Kier alpha value is -1.95. The third-order valence-electron chi connectivity index (χ3n) is 3.14. The fraction of sp³-hybridized carbons (Fsp3) is 0.571. The Morgan fingerprint density at radius 2 is 2.00 bits per heavy atom. The van der Waals surface area contributed by atoms with Crippen molar-refractivity contribution in [1.29, 1.82) is 0 Å². The SMILES string of the molecule is COS(=O)(=O)[O-].Cc1cc(NCCC[N+](C)(C)C)n2ncc(N)c2n1. The molecule has 0 atom stereocenters. The molecule has 0 aliphatic rings. The highest BCUT2D eigenvalue weighted by Crippen LogP contribution is 2.16. The maximum absolute atomic E-state index is 9.22. The molecule has 2 heterocycles. The molecule has 25 heavy (non-hydrogen) atoms. The quantitative estimate of drug-likeness (QED) is 0.317. The molecule has 0 amide bonds. The van der Waals surface area contributed by atoms with Gasteiger partial charge in [-0.15, -0.1) is 0 Å². The summed E-state index contributed by atoms with van der Waals surface area (Å²) in [5.41, 5.74) is 8.11. The van der Waals surface area contributed by atoms with Crippen LogP contribution >= 0.6 is 0 Å². The number of fused-ring (bicyclic) bond motifs is 1. The number of rotatable bonds is 6. The molecule has 0 spiro atoms. The van der Waals surface area contributed by atoms with Crippen molar-refractivity contribution >= 4 is 27.6 Å². The second-order valence-corrected chi connectivity index (χ2v) is 7.64. The summed E-state index contributed by atoms with van der Waals surface area (Å²) >= 11 is 0. The van der Waals surface area contributed by atoms with Crippen molar-refractivity contribution in [2.45, 2.75) is 13.3 Å². The molecule has 0 unspecified atom stereocenters. The number of quaternary nitrogens is 1. The molecule has 2 aromatic rings. The maximum atomic E-state index is 9.22. The molecular weight excluding hydrogens is 348 g/mol. The summed E-state index contributed by atoms with van der Waals surface area (Å²) in [5, 5.41) is 7.66. The lowest BCUT2D eigenvalue weighted by molar-refractivity contribution is -0.870. The van der Waals surface area contributed by atoms with Crippen LogP contribution in [0.25, 0.3) is 5.65 Å². The van der Waals surface area contributed by atoms with Crippen LogP contribution in [0.2, 0.25) is 0 Å². The van der Waals surface area contributed by atoms with Gasteiger partial charge in [-0.2, -0.15) is 9.61 Å². The molecule has 0 fully saturated rings. The topological polar surface area (TPSA) is 135 Å². The lowest BCUT2D eigenvalue weighted by Crippen LogP contribution is -2.36. The van der Waals surface area contributed by atoms with Gasteiger partial charge in [0, 0.05) is 24.7 Å². The van der Waals surface area contributed by atoms with E-state index in [0.717, 1.165) is 42.6 Å². The molecule has 2 rings (SSSR count). The predicted octanol–water partition coefficient (Wildman–Crippen LogP) is 0.221. The highest BCUT2D eigenvalue weighted by molar-refractivity contribution is 7.80. The summed E-state index contributed by atoms with van der Waals surface area (Å²) in [7, 11) is 2.99. The monoisotopic (exact) mass is 374 g/mol. The van der Waals surface area contributed by atoms with Crippen molar-refractivity contribution < 1.29 is 21.6 Å². The number of nitrogens with one attached hydrogen (secondary N) is 1. The Labute approximate surface area is 148 Å². The van der Waals surface area contributed by atoms with E-state index in [0.29, 0.717) is 11.3 Å². The van der Waals surface area contributed by atoms with E-state index >= 15 is 0 Å². The van der Waals surface area contributed by atoms with Gasteiger partial charge < -0.3 is 20.1 Å². The van der Waals surface area contributed by atoms with E-state index in [4.69, 9.17) is 5.73 Å². The Bertz CT molecular complexity index is 797. The number of aromatic nitrogens is 3. The minimum Gasteiger partial charge on any atom is -0.726 e. The number of anilines is 2. The molecule has 10 nitrogen and oxygen atoms in total. The fourth-order valence-corrected chi connectivity index (χ4v) is 2.00. The molecule has 0 bridgehead atoms. The zero-order valence-electron chi connectivity index (χ0n) is 15.2. The highest BCUT2D eigenvalue weighted by Gasteiger charge is 2.09. The van der Waals surface area contributed by atoms with E-state index in [-0.39, 0.29) is 0 Å². The number of nitrogens with two attached hydrogens (primary N) is 1. The standard InChI is InChI=1S/C13H23N6.CH4O4S/c1-10-8-12(15-6-5-7-19(2,3)4)18-13(17-10)11(14)9-16-18;1-5-6(2,3)4/h8-9,15H,5-7,14H2,1-4H3;1H3,(H,2,3,4)/q+1;/p-1. The summed E-state index contributed by atoms with van der Waals surface area (Å²) in [4.78, 5) is 4.40. The molecule has 0 saturated carbocycles. The average Bonchev–Trinajstić information content (AvgIpc) is 2.84. The van der Waals surface area contributed by atoms with Crippen molar-refractivity contribution in [2.24, 2.45) is 0 Å². The van der Waals surface area contributed by atoms with Gasteiger partial charge in [0.25, 0.3) is 0 Å². The Morgan fingerprint density at radius 3 is 2.52 bits per heavy atom. The number of nitrogen functional groups attached to an aromatic ring is 1. The maximum Gasteiger partial charge on any atom is 0.217 e. The van der Waals surface area contributed by atoms with Gasteiger partial charge in [-0.3, -0.25) is 4.18 Å². The van der Waals surface area contributed by atoms with Gasteiger partial charge in [-0.25, -0.2) is 13.4 Å². The van der Waals surface area contributed by atoms with Crippen LogP contribution in [-0.2, 0) is 14.6 Å². The third kappa shape index (κ3) is 7.65. The first-order valence-electron chi connectivity index (χ1n) is 7.59. The highest BCUT2D eigenvalue weighted by atomic mass is 32.3. The number of hydrogen-bond acceptors (Lipinski definition) is 8. The van der Waals surface area contributed by atoms with Gasteiger partial charge >= 0.3 is 0 Å². The molecule has 0 aliphatic heterocycles. The molecule has 11 heteroatoms. The van der Waals surface area contributed by atoms with Crippen LogP contribution in [0.4, 0.5) is 11.5 Å². The smallest absolute Gasteiger partial charge is 0.217 e. The minimum atomic E-state index is -4.41. The van der Waals surface area contributed by atoms with E-state index in [1.54, 1.807) is 10.7 Å². The van der Waals surface area contributed by atoms with Gasteiger partial charge in [0.2, 0.25) is 10.4 Å². The van der Waals surface area contributed by atoms with Gasteiger partial charge in [0.15, 0.2) is 5.65 Å². The van der Waals surface area contributed by atoms with E-state index in [1.165, 1.54) is 0 Å². The summed E-state index contributed by atoms with van der Waals surface area (Å²) in [6.07, 6.45) is 2.74. The predicted molar refractivity (Wildman–Crippen MR) is 94.8 cm³/mol. The van der Waals surface area contributed by atoms with Crippen molar-refractivity contribution in [3.05, 3.63) is 18.0 Å². The van der Waals surface area contributed by atoms with Crippen LogP contribution in [0.5, 0.6) is 0 Å². The Balaban J connectivity index is 0.000000450. The molecule has 0 radical (unpaired) electrons. The molecule has 0 saturated heterocycles. The summed E-state index contributed by atoms with van der Waals surface area (Å²) in [6, 6.07) is 1.99. The van der Waals surface area contributed by atoms with Crippen molar-refractivity contribution in [3.63, 3.8) is 0 Å². The average molecular weight is 374 g/mol. The molecular formula is C14H26N6O4S. The molecule has 142 valence electrons. The van der Waals surface area contributed by atoms with E-state index in [2.05, 4.69) is 40.7 Å². The van der Waals surface area contributed by atoms with Crippen molar-refractivity contribution in [2.75, 3.05) is 52.4 Å². The van der Waals surface area contributed by atoms with Gasteiger partial charge in [-0.1, -0.05) is 0 Å². The van der Waals surface area contributed by atoms with E-state index < -0.39 is 10.4 Å². The number of nitrogens with zero attached hydrogens (tertiary/aromatic N) is 4. The first-order valence-corrected chi connectivity index (χ1v) is 8.93. The second kappa shape index (κ2) is 8.43. The van der Waals surface area contributed by atoms with Crippen molar-refractivity contribution in [3.8, 4) is 0 Å². The minimum absolute atomic E-state index is 0.609. The second-order valence-electron chi connectivity index (χ2n) is 6.49. The summed E-state index contributed by atoms with van der Waals surface area (Å²) in [5.74, 6) is 0.945.